The molecule has 0 amide bonds. The van der Waals surface area contributed by atoms with Crippen LogP contribution in [0.1, 0.15) is 0 Å². The number of hydrogen-bond acceptors (Lipinski definition) is 5. The van der Waals surface area contributed by atoms with Crippen LogP contribution in [-0.4, -0.2) is 0 Å². The highest BCUT2D eigenvalue weighted by Gasteiger charge is 2.29. The van der Waals surface area contributed by atoms with E-state index in [1.54, 1.807) is 30.3 Å². The molecule has 1 aromatic rings. The van der Waals surface area contributed by atoms with Gasteiger partial charge in [-0.1, -0.05) is 22.9 Å². The molecular weight excluding hydrogens is 254 g/mol. The first-order chi connectivity index (χ1) is 6.70. The summed E-state index contributed by atoms with van der Waals surface area (Å²) in [7, 11) is -4.04. The molecule has 0 aliphatic rings. The van der Waals surface area contributed by atoms with Crippen LogP contribution >= 0.6 is 31.6 Å². The number of benzene rings is 1. The van der Waals surface area contributed by atoms with Crippen LogP contribution in [0.25, 0.3) is 0 Å². The lowest BCUT2D eigenvalue weighted by molar-refractivity contribution is -0.118. The minimum atomic E-state index is -4.04. The quantitative estimate of drug-likeness (QED) is 0.460. The van der Waals surface area contributed by atoms with E-state index in [9.17, 15) is 4.57 Å². The Hall–Kier alpha value is -0.290. The Balaban J connectivity index is 2.52. The summed E-state index contributed by atoms with van der Waals surface area (Å²) in [4.78, 5) is 4.57. The molecule has 0 saturated heterocycles. The first-order valence-corrected chi connectivity index (χ1v) is 5.40. The molecule has 0 bridgehead atoms. The summed E-state index contributed by atoms with van der Waals surface area (Å²) in [5, 5.41) is 0. The molecule has 0 aliphatic carbocycles. The Morgan fingerprint density at radius 2 is 1.64 bits per heavy atom. The zero-order chi connectivity index (χ0) is 10.4. The van der Waals surface area contributed by atoms with Crippen molar-refractivity contribution in [2.45, 2.75) is 0 Å². The second kappa shape index (κ2) is 5.56. The average molecular weight is 259 g/mol. The highest BCUT2D eigenvalue weighted by Crippen LogP contribution is 2.51. The van der Waals surface area contributed by atoms with E-state index in [1.807, 2.05) is 0 Å². The van der Waals surface area contributed by atoms with Crippen molar-refractivity contribution < 1.29 is 22.3 Å². The molecule has 0 aromatic heterocycles. The van der Waals surface area contributed by atoms with E-state index in [4.69, 9.17) is 23.7 Å². The lowest BCUT2D eigenvalue weighted by Crippen LogP contribution is -1.95. The lowest BCUT2D eigenvalue weighted by Gasteiger charge is -2.08. The normalized spacial score (nSPS) is 11.3. The topological polar surface area (TPSA) is 54.0 Å². The standard InChI is InChI=1S/C6H5Cl2O5P/c7-11-14(9,12-8)13-10-6-4-2-1-3-5-6/h1-5H. The summed E-state index contributed by atoms with van der Waals surface area (Å²) in [5.74, 6) is 0.301. The minimum Gasteiger partial charge on any atom is -0.327 e. The summed E-state index contributed by atoms with van der Waals surface area (Å²) in [6.07, 6.45) is 0. The molecule has 0 saturated carbocycles. The maximum atomic E-state index is 11.1. The Morgan fingerprint density at radius 1 is 1.07 bits per heavy atom. The summed E-state index contributed by atoms with van der Waals surface area (Å²) in [6.45, 7) is 0. The van der Waals surface area contributed by atoms with Crippen LogP contribution in [-0.2, 0) is 17.4 Å². The van der Waals surface area contributed by atoms with Gasteiger partial charge in [0.15, 0.2) is 5.75 Å². The highest BCUT2D eigenvalue weighted by molar-refractivity contribution is 7.50. The van der Waals surface area contributed by atoms with E-state index >= 15 is 0 Å². The third-order valence-electron chi connectivity index (χ3n) is 1.14. The van der Waals surface area contributed by atoms with Crippen LogP contribution in [0.2, 0.25) is 0 Å². The third kappa shape index (κ3) is 3.46. The van der Waals surface area contributed by atoms with E-state index < -0.39 is 7.82 Å². The molecule has 0 heterocycles. The number of halogens is 2. The molecule has 0 atom stereocenters. The molecule has 0 radical (unpaired) electrons. The number of hydrogen-bond donors (Lipinski definition) is 0. The van der Waals surface area contributed by atoms with Crippen molar-refractivity contribution in [1.29, 1.82) is 0 Å². The number of phosphoric acid groups is 1. The van der Waals surface area contributed by atoms with Gasteiger partial charge in [0.05, 0.1) is 23.7 Å². The monoisotopic (exact) mass is 258 g/mol. The fraction of sp³-hybridized carbons (Fsp3) is 0. The predicted molar refractivity (Wildman–Crippen MR) is 49.6 cm³/mol. The van der Waals surface area contributed by atoms with Gasteiger partial charge >= 0.3 is 7.82 Å². The summed E-state index contributed by atoms with van der Waals surface area (Å²) in [5.41, 5.74) is 0. The van der Waals surface area contributed by atoms with Gasteiger partial charge in [-0.3, -0.25) is 0 Å². The molecule has 1 rings (SSSR count). The smallest absolute Gasteiger partial charge is 0.327 e. The van der Waals surface area contributed by atoms with Crippen molar-refractivity contribution in [3.8, 4) is 5.75 Å². The second-order valence-corrected chi connectivity index (χ2v) is 4.20. The van der Waals surface area contributed by atoms with E-state index in [1.165, 1.54) is 0 Å². The highest BCUT2D eigenvalue weighted by atomic mass is 35.5. The van der Waals surface area contributed by atoms with Gasteiger partial charge in [-0.25, -0.2) is 4.57 Å². The molecular formula is C6H5Cl2O5P. The van der Waals surface area contributed by atoms with E-state index in [-0.39, 0.29) is 0 Å². The first-order valence-electron chi connectivity index (χ1n) is 3.32. The summed E-state index contributed by atoms with van der Waals surface area (Å²) in [6, 6.07) is 8.27. The molecule has 8 heteroatoms. The Bertz CT molecular complexity index is 311. The van der Waals surface area contributed by atoms with Crippen molar-refractivity contribution in [1.82, 2.24) is 0 Å². The Labute approximate surface area is 90.3 Å². The van der Waals surface area contributed by atoms with Crippen LogP contribution in [0.3, 0.4) is 0 Å². The van der Waals surface area contributed by atoms with Crippen LogP contribution in [0.5, 0.6) is 5.75 Å². The van der Waals surface area contributed by atoms with Gasteiger partial charge in [0.1, 0.15) is 0 Å². The van der Waals surface area contributed by atoms with Crippen molar-refractivity contribution in [3.05, 3.63) is 30.3 Å². The van der Waals surface area contributed by atoms with Crippen molar-refractivity contribution in [2.24, 2.45) is 0 Å². The molecule has 78 valence electrons. The van der Waals surface area contributed by atoms with Gasteiger partial charge < -0.3 is 4.89 Å². The Kier molecular flexibility index (Phi) is 4.68. The fourth-order valence-corrected chi connectivity index (χ4v) is 1.24. The fourth-order valence-electron chi connectivity index (χ4n) is 0.598. The second-order valence-electron chi connectivity index (χ2n) is 2.06. The van der Waals surface area contributed by atoms with E-state index in [0.29, 0.717) is 5.75 Å². The van der Waals surface area contributed by atoms with Gasteiger partial charge in [-0.2, -0.15) is 8.15 Å². The van der Waals surface area contributed by atoms with E-state index in [0.717, 1.165) is 0 Å². The van der Waals surface area contributed by atoms with Crippen molar-refractivity contribution in [3.63, 3.8) is 0 Å². The summed E-state index contributed by atoms with van der Waals surface area (Å²) >= 11 is 9.60. The third-order valence-corrected chi connectivity index (χ3v) is 2.75. The molecule has 0 spiro atoms. The van der Waals surface area contributed by atoms with Gasteiger partial charge in [0.2, 0.25) is 0 Å². The SMILES string of the molecule is O=P(OCl)(OCl)OOc1ccccc1. The maximum Gasteiger partial charge on any atom is 0.544 e. The first kappa shape index (κ1) is 11.8. The number of rotatable bonds is 5. The van der Waals surface area contributed by atoms with Gasteiger partial charge in [0, 0.05) is 0 Å². The zero-order valence-electron chi connectivity index (χ0n) is 6.63. The van der Waals surface area contributed by atoms with Gasteiger partial charge in [-0.15, -0.1) is 0 Å². The lowest BCUT2D eigenvalue weighted by atomic mass is 10.3. The molecule has 14 heavy (non-hydrogen) atoms. The van der Waals surface area contributed by atoms with Gasteiger partial charge in [0.25, 0.3) is 0 Å². The average Bonchev–Trinajstić information content (AvgIpc) is 2.27. The molecule has 1 aromatic carbocycles. The summed E-state index contributed by atoms with van der Waals surface area (Å²) < 4.78 is 23.0. The van der Waals surface area contributed by atoms with Crippen LogP contribution in [0, 0.1) is 0 Å². The largest absolute Gasteiger partial charge is 0.544 e. The zero-order valence-corrected chi connectivity index (χ0v) is 9.04. The molecule has 0 aliphatic heterocycles. The minimum absolute atomic E-state index is 0.301. The van der Waals surface area contributed by atoms with Crippen LogP contribution in [0.4, 0.5) is 0 Å². The molecule has 5 nitrogen and oxygen atoms in total. The molecule has 0 fully saturated rings. The van der Waals surface area contributed by atoms with E-state index in [2.05, 4.69) is 17.7 Å². The molecule has 0 unspecified atom stereocenters. The van der Waals surface area contributed by atoms with Crippen LogP contribution in [0.15, 0.2) is 30.3 Å². The Morgan fingerprint density at radius 3 is 2.14 bits per heavy atom. The molecule has 0 N–H and O–H groups in total. The predicted octanol–water partition coefficient (Wildman–Crippen LogP) is 3.45. The van der Waals surface area contributed by atoms with Crippen molar-refractivity contribution in [2.75, 3.05) is 0 Å². The van der Waals surface area contributed by atoms with Gasteiger partial charge in [-0.05, 0) is 12.1 Å². The van der Waals surface area contributed by atoms with Crippen LogP contribution < -0.4 is 4.89 Å². The maximum absolute atomic E-state index is 11.1. The number of para-hydroxylation sites is 1. The van der Waals surface area contributed by atoms with Crippen molar-refractivity contribution >= 4 is 31.6 Å².